The molecule has 0 aromatic carbocycles. The van der Waals surface area contributed by atoms with E-state index >= 15 is 0 Å². The third-order valence-electron chi connectivity index (χ3n) is 0. The van der Waals surface area contributed by atoms with Gasteiger partial charge in [-0.3, -0.25) is 0 Å². The molecule has 0 saturated heterocycles. The van der Waals surface area contributed by atoms with Gasteiger partial charge in [-0.25, -0.2) is 0 Å². The molecular formula is MgO3. The van der Waals surface area contributed by atoms with E-state index in [1.165, 1.54) is 0 Å². The van der Waals surface area contributed by atoms with Gasteiger partial charge in [-0.1, -0.05) is 0 Å². The molecule has 0 unspecified atom stereocenters. The van der Waals surface area contributed by atoms with Gasteiger partial charge in [-0.05, 0) is 0 Å². The summed E-state index contributed by atoms with van der Waals surface area (Å²) in [6.45, 7) is 0. The second-order valence-electron chi connectivity index (χ2n) is 0. The molecule has 0 aromatic heterocycles. The molecule has 0 aromatic rings. The summed E-state index contributed by atoms with van der Waals surface area (Å²) in [5.74, 6) is 0. The van der Waals surface area contributed by atoms with Crippen LogP contribution in [0.4, 0.5) is 0 Å². The third kappa shape index (κ3) is 17.2. The van der Waals surface area contributed by atoms with Crippen molar-refractivity contribution in [3.63, 3.8) is 0 Å². The van der Waals surface area contributed by atoms with E-state index in [9.17, 15) is 0 Å². The minimum Gasteiger partial charge on any atom is -2.00 e. The van der Waals surface area contributed by atoms with E-state index in [2.05, 4.69) is 0 Å². The van der Waals surface area contributed by atoms with E-state index in [1.54, 1.807) is 0 Å². The molecule has 0 saturated carbocycles. The van der Waals surface area contributed by atoms with Gasteiger partial charge in [0.15, 0.2) is 0 Å². The summed E-state index contributed by atoms with van der Waals surface area (Å²) in [6, 6.07) is 0. The molecule has 4 heteroatoms. The number of hydrogen-bond acceptors (Lipinski definition) is 0. The summed E-state index contributed by atoms with van der Waals surface area (Å²) in [6.07, 6.45) is 0. The van der Waals surface area contributed by atoms with Crippen LogP contribution >= 0.6 is 0 Å². The smallest absolute Gasteiger partial charge is 2.00 e. The minimum absolute atomic E-state index is 0. The molecule has 0 aliphatic rings. The summed E-state index contributed by atoms with van der Waals surface area (Å²) < 4.78 is 0. The number of rotatable bonds is 0. The maximum Gasteiger partial charge on any atom is 2.00 e. The Bertz CT molecular complexity index is 3.25. The van der Waals surface area contributed by atoms with Crippen molar-refractivity contribution in [2.24, 2.45) is 0 Å². The Balaban J connectivity index is 0. The molecule has 0 spiro atoms. The Kier molecular flexibility index (Phi) is 2260. The van der Waals surface area contributed by atoms with Crippen molar-refractivity contribution in [2.75, 3.05) is 0 Å². The van der Waals surface area contributed by atoms with Gasteiger partial charge in [0.05, 0.1) is 0 Å². The van der Waals surface area contributed by atoms with Crippen molar-refractivity contribution in [1.82, 2.24) is 0 Å². The Morgan fingerprint density at radius 3 is 0.750 bits per heavy atom. The fraction of sp³-hybridized carbons (Fsp3) is 0. The van der Waals surface area contributed by atoms with Crippen LogP contribution in [0.3, 0.4) is 0 Å². The van der Waals surface area contributed by atoms with E-state index < -0.39 is 0 Å². The first-order valence-electron chi connectivity index (χ1n) is 0. The van der Waals surface area contributed by atoms with Gasteiger partial charge in [-0.15, -0.1) is 0 Å². The van der Waals surface area contributed by atoms with E-state index in [0.717, 1.165) is 0 Å². The van der Waals surface area contributed by atoms with Crippen LogP contribution in [-0.2, 0) is 16.4 Å². The van der Waals surface area contributed by atoms with Gasteiger partial charge in [0.2, 0.25) is 0 Å². The van der Waals surface area contributed by atoms with Gasteiger partial charge in [-0.2, -0.15) is 0 Å². The van der Waals surface area contributed by atoms with Crippen LogP contribution in [0, 0.1) is 0 Å². The Morgan fingerprint density at radius 2 is 0.750 bits per heavy atom. The van der Waals surface area contributed by atoms with Crippen LogP contribution in [0.2, 0.25) is 0 Å². The molecule has 0 aliphatic heterocycles. The van der Waals surface area contributed by atoms with Crippen molar-refractivity contribution in [1.29, 1.82) is 0 Å². The maximum absolute atomic E-state index is 0. The monoisotopic (exact) mass is 72.0 g/mol. The van der Waals surface area contributed by atoms with Crippen LogP contribution in [0.15, 0.2) is 0 Å². The molecule has 0 amide bonds. The molecule has 0 aliphatic carbocycles. The second kappa shape index (κ2) is 61.1. The predicted octanol–water partition coefficient (Wildman–Crippen LogP) is -0.737. The van der Waals surface area contributed by atoms with Crippen LogP contribution in [0.5, 0.6) is 0 Å². The zero-order chi connectivity index (χ0) is 0. The average Bonchev–Trinajstić information content (AvgIpc) is 0. The van der Waals surface area contributed by atoms with Crippen LogP contribution in [0.25, 0.3) is 0 Å². The minimum atomic E-state index is 0. The maximum atomic E-state index is 0. The van der Waals surface area contributed by atoms with E-state index in [0.29, 0.717) is 0 Å². The molecular weight excluding hydrogens is 72.3 g/mol. The first-order chi connectivity index (χ1) is 0. The quantitative estimate of drug-likeness (QED) is 0.338. The van der Waals surface area contributed by atoms with E-state index in [4.69, 9.17) is 0 Å². The van der Waals surface area contributed by atoms with Gasteiger partial charge < -0.3 is 11.0 Å². The normalized spacial score (nSPS) is 0. The SMILES string of the molecule is [Mg+2].[O+2].[O-2].[O-2]. The van der Waals surface area contributed by atoms with E-state index in [-0.39, 0.29) is 39.5 Å². The van der Waals surface area contributed by atoms with E-state index in [1.807, 2.05) is 0 Å². The summed E-state index contributed by atoms with van der Waals surface area (Å²) in [5.41, 5.74) is 0. The summed E-state index contributed by atoms with van der Waals surface area (Å²) in [5, 5.41) is 0. The fourth-order valence-electron chi connectivity index (χ4n) is 0. The molecule has 4 heavy (non-hydrogen) atoms. The molecule has 4 radical (unpaired) electrons. The molecule has 0 heterocycles. The van der Waals surface area contributed by atoms with Crippen LogP contribution in [0.1, 0.15) is 0 Å². The average molecular weight is 72.3 g/mol. The molecule has 0 rings (SSSR count). The summed E-state index contributed by atoms with van der Waals surface area (Å²) in [4.78, 5) is 0. The van der Waals surface area contributed by atoms with Crippen molar-refractivity contribution in [3.8, 4) is 0 Å². The summed E-state index contributed by atoms with van der Waals surface area (Å²) >= 11 is 0. The first-order valence-corrected chi connectivity index (χ1v) is 0. The first kappa shape index (κ1) is 148. The van der Waals surface area contributed by atoms with Crippen LogP contribution in [-0.4, -0.2) is 23.1 Å². The van der Waals surface area contributed by atoms with Crippen molar-refractivity contribution in [2.45, 2.75) is 0 Å². The largest absolute Gasteiger partial charge is 2.00 e. The van der Waals surface area contributed by atoms with Gasteiger partial charge in [0, 0.05) is 0 Å². The zero-order valence-electron chi connectivity index (χ0n) is 1.93. The molecule has 20 valence electrons. The Morgan fingerprint density at radius 1 is 0.750 bits per heavy atom. The van der Waals surface area contributed by atoms with Crippen molar-refractivity contribution in [3.05, 3.63) is 0 Å². The van der Waals surface area contributed by atoms with Crippen LogP contribution < -0.4 is 0 Å². The molecule has 0 fully saturated rings. The third-order valence-corrected chi connectivity index (χ3v) is 0. The second-order valence-corrected chi connectivity index (χ2v) is 0. The summed E-state index contributed by atoms with van der Waals surface area (Å²) in [7, 11) is 0. The molecule has 0 bridgehead atoms. The molecule has 0 atom stereocenters. The molecule has 3 nitrogen and oxygen atoms in total. The number of hydrogen-bond donors (Lipinski definition) is 0. The van der Waals surface area contributed by atoms with Gasteiger partial charge >= 0.3 is 28.5 Å². The van der Waals surface area contributed by atoms with Crippen molar-refractivity contribution >= 4 is 23.1 Å². The standard InChI is InChI=1S/Mg.3O/q+2;2*-2;+2. The predicted molar refractivity (Wildman–Crippen MR) is 7.81 cm³/mol. The Labute approximate surface area is 40.1 Å². The van der Waals surface area contributed by atoms with Crippen molar-refractivity contribution < 1.29 is 16.4 Å². The Hall–Kier alpha value is 0.646. The fourth-order valence-corrected chi connectivity index (χ4v) is 0. The molecule has 0 N–H and O–H groups in total. The topological polar surface area (TPSA) is 85.5 Å². The van der Waals surface area contributed by atoms with Gasteiger partial charge in [0.25, 0.3) is 0 Å². The zero-order valence-corrected chi connectivity index (χ0v) is 3.35. The van der Waals surface area contributed by atoms with Gasteiger partial charge in [0.1, 0.15) is 0 Å².